The van der Waals surface area contributed by atoms with Crippen molar-refractivity contribution < 1.29 is 19.3 Å². The van der Waals surface area contributed by atoms with Gasteiger partial charge in [0.25, 0.3) is 0 Å². The molecule has 0 unspecified atom stereocenters. The fourth-order valence-corrected chi connectivity index (χ4v) is 5.31. The summed E-state index contributed by atoms with van der Waals surface area (Å²) < 4.78 is 16.8. The maximum atomic E-state index is 9.44. The van der Waals surface area contributed by atoms with Crippen LogP contribution in [0.1, 0.15) is 11.1 Å². The van der Waals surface area contributed by atoms with E-state index in [1.807, 2.05) is 18.2 Å². The second kappa shape index (κ2) is 11.7. The number of rotatable bonds is 10. The molecule has 0 bridgehead atoms. The minimum atomic E-state index is -0.0663. The summed E-state index contributed by atoms with van der Waals surface area (Å²) in [6.45, 7) is 2.98. The lowest BCUT2D eigenvalue weighted by molar-refractivity contribution is 0.122. The van der Waals surface area contributed by atoms with Crippen LogP contribution < -0.4 is 19.7 Å². The molecule has 0 spiro atoms. The summed E-state index contributed by atoms with van der Waals surface area (Å²) in [6.07, 6.45) is 0.635. The highest BCUT2D eigenvalue weighted by Gasteiger charge is 2.18. The van der Waals surface area contributed by atoms with Gasteiger partial charge in [0.15, 0.2) is 0 Å². The van der Waals surface area contributed by atoms with E-state index in [1.54, 1.807) is 29.8 Å². The Labute approximate surface area is 217 Å². The Morgan fingerprint density at radius 3 is 2.75 bits per heavy atom. The lowest BCUT2D eigenvalue weighted by Crippen LogP contribution is -2.37. The van der Waals surface area contributed by atoms with Crippen LogP contribution in [0.5, 0.6) is 11.8 Å². The third-order valence-electron chi connectivity index (χ3n) is 5.78. The van der Waals surface area contributed by atoms with Crippen molar-refractivity contribution in [2.75, 3.05) is 50.2 Å². The Morgan fingerprint density at radius 1 is 1.08 bits per heavy atom. The van der Waals surface area contributed by atoms with E-state index in [-0.39, 0.29) is 12.6 Å². The van der Waals surface area contributed by atoms with E-state index in [9.17, 15) is 5.11 Å². The third kappa shape index (κ3) is 5.76. The molecule has 4 aromatic rings. The van der Waals surface area contributed by atoms with Gasteiger partial charge in [0.2, 0.25) is 11.9 Å². The van der Waals surface area contributed by atoms with Gasteiger partial charge < -0.3 is 29.5 Å². The van der Waals surface area contributed by atoms with Gasteiger partial charge in [-0.15, -0.1) is 11.3 Å². The molecule has 1 aliphatic heterocycles. The van der Waals surface area contributed by atoms with Crippen LogP contribution in [-0.2, 0) is 17.8 Å². The predicted molar refractivity (Wildman–Crippen MR) is 142 cm³/mol. The van der Waals surface area contributed by atoms with Gasteiger partial charge in [-0.2, -0.15) is 26.3 Å². The highest BCUT2D eigenvalue weighted by atomic mass is 32.1. The van der Waals surface area contributed by atoms with Crippen molar-refractivity contribution in [3.8, 4) is 22.9 Å². The molecule has 1 aromatic carbocycles. The standard InChI is InChI=1S/C25H27N5O4S2/c1-32-22-12-17(2-3-18(22)13-31)4-8-34-25-28-23(27-24(29-25)30-6-9-33-10-7-30)26-21-16-36-15-20(21)19-5-11-35-14-19/h2-3,5,11-12,14-16,31H,4,6-10,13H2,1H3,(H,26,27,28,29). The number of benzene rings is 1. The van der Waals surface area contributed by atoms with Crippen LogP contribution in [0.15, 0.2) is 45.8 Å². The van der Waals surface area contributed by atoms with Crippen LogP contribution in [-0.4, -0.2) is 60.1 Å². The van der Waals surface area contributed by atoms with E-state index < -0.39 is 0 Å². The van der Waals surface area contributed by atoms with Crippen LogP contribution in [0.25, 0.3) is 11.1 Å². The first-order valence-corrected chi connectivity index (χ1v) is 13.5. The van der Waals surface area contributed by atoms with Crippen LogP contribution in [0, 0.1) is 0 Å². The minimum absolute atomic E-state index is 0.0663. The molecular weight excluding hydrogens is 498 g/mol. The number of nitrogens with zero attached hydrogens (tertiary/aromatic N) is 4. The summed E-state index contributed by atoms with van der Waals surface area (Å²) in [5, 5.41) is 21.2. The first-order valence-electron chi connectivity index (χ1n) is 11.6. The molecule has 11 heteroatoms. The second-order valence-electron chi connectivity index (χ2n) is 8.08. The Bertz CT molecular complexity index is 1280. The molecule has 0 atom stereocenters. The smallest absolute Gasteiger partial charge is 0.323 e. The van der Waals surface area contributed by atoms with E-state index in [0.717, 1.165) is 27.9 Å². The third-order valence-corrected chi connectivity index (χ3v) is 7.21. The van der Waals surface area contributed by atoms with Crippen LogP contribution in [0.2, 0.25) is 0 Å². The minimum Gasteiger partial charge on any atom is -0.496 e. The SMILES string of the molecule is COc1cc(CCOc2nc(Nc3cscc3-c3ccsc3)nc(N3CCOCC3)n2)ccc1CO. The second-order valence-corrected chi connectivity index (χ2v) is 9.60. The monoisotopic (exact) mass is 525 g/mol. The van der Waals surface area contributed by atoms with Gasteiger partial charge in [-0.3, -0.25) is 0 Å². The van der Waals surface area contributed by atoms with Crippen molar-refractivity contribution in [2.24, 2.45) is 0 Å². The molecule has 0 radical (unpaired) electrons. The van der Waals surface area contributed by atoms with Gasteiger partial charge in [-0.05, 0) is 34.0 Å². The maximum Gasteiger partial charge on any atom is 0.323 e. The summed E-state index contributed by atoms with van der Waals surface area (Å²) in [4.78, 5) is 15.9. The first kappa shape index (κ1) is 24.4. The number of aliphatic hydroxyl groups is 1. The molecule has 1 aliphatic rings. The Kier molecular flexibility index (Phi) is 7.91. The number of thiophene rings is 2. The van der Waals surface area contributed by atoms with E-state index in [4.69, 9.17) is 14.2 Å². The van der Waals surface area contributed by atoms with Gasteiger partial charge in [-0.25, -0.2) is 0 Å². The van der Waals surface area contributed by atoms with Crippen molar-refractivity contribution in [3.63, 3.8) is 0 Å². The van der Waals surface area contributed by atoms with Crippen molar-refractivity contribution >= 4 is 40.3 Å². The van der Waals surface area contributed by atoms with Gasteiger partial charge in [-0.1, -0.05) is 12.1 Å². The van der Waals surface area contributed by atoms with Gasteiger partial charge in [0.1, 0.15) is 5.75 Å². The number of aliphatic hydroxyl groups excluding tert-OH is 1. The summed E-state index contributed by atoms with van der Waals surface area (Å²) in [6, 6.07) is 8.10. The summed E-state index contributed by atoms with van der Waals surface area (Å²) in [5.74, 6) is 1.66. The van der Waals surface area contributed by atoms with E-state index in [1.165, 1.54) is 0 Å². The number of anilines is 3. The lowest BCUT2D eigenvalue weighted by Gasteiger charge is -2.27. The largest absolute Gasteiger partial charge is 0.496 e. The van der Waals surface area contributed by atoms with Crippen molar-refractivity contribution in [1.82, 2.24) is 15.0 Å². The molecule has 1 fully saturated rings. The summed E-state index contributed by atoms with van der Waals surface area (Å²) in [7, 11) is 1.60. The number of aromatic nitrogens is 3. The number of ether oxygens (including phenoxy) is 3. The van der Waals surface area contributed by atoms with Gasteiger partial charge >= 0.3 is 6.01 Å². The summed E-state index contributed by atoms with van der Waals surface area (Å²) in [5.41, 5.74) is 4.99. The average molecular weight is 526 g/mol. The molecule has 1 saturated heterocycles. The maximum absolute atomic E-state index is 9.44. The number of nitrogens with one attached hydrogen (secondary N) is 1. The quantitative estimate of drug-likeness (QED) is 0.313. The predicted octanol–water partition coefficient (Wildman–Crippen LogP) is 4.36. The number of hydrogen-bond acceptors (Lipinski definition) is 11. The van der Waals surface area contributed by atoms with E-state index >= 15 is 0 Å². The van der Waals surface area contributed by atoms with Crippen LogP contribution >= 0.6 is 22.7 Å². The Hall–Kier alpha value is -3.25. The van der Waals surface area contributed by atoms with Gasteiger partial charge in [0.05, 0.1) is 39.2 Å². The fraction of sp³-hybridized carbons (Fsp3) is 0.320. The summed E-state index contributed by atoms with van der Waals surface area (Å²) >= 11 is 3.29. The molecule has 0 saturated carbocycles. The zero-order valence-electron chi connectivity index (χ0n) is 19.8. The molecule has 9 nitrogen and oxygen atoms in total. The first-order chi connectivity index (χ1) is 17.7. The van der Waals surface area contributed by atoms with Crippen LogP contribution in [0.3, 0.4) is 0 Å². The molecule has 0 amide bonds. The molecule has 2 N–H and O–H groups in total. The number of morpholine rings is 1. The Balaban J connectivity index is 1.34. The number of hydrogen-bond donors (Lipinski definition) is 2. The normalized spacial score (nSPS) is 13.6. The average Bonchev–Trinajstić information content (AvgIpc) is 3.61. The lowest BCUT2D eigenvalue weighted by atomic mass is 10.1. The molecule has 188 valence electrons. The van der Waals surface area contributed by atoms with Gasteiger partial charge in [0, 0.05) is 41.4 Å². The van der Waals surface area contributed by atoms with E-state index in [0.29, 0.717) is 57.0 Å². The molecule has 4 heterocycles. The molecule has 5 rings (SSSR count). The van der Waals surface area contributed by atoms with Crippen molar-refractivity contribution in [2.45, 2.75) is 13.0 Å². The fourth-order valence-electron chi connectivity index (χ4n) is 3.86. The highest BCUT2D eigenvalue weighted by molar-refractivity contribution is 7.09. The van der Waals surface area contributed by atoms with Crippen LogP contribution in [0.4, 0.5) is 17.6 Å². The van der Waals surface area contributed by atoms with E-state index in [2.05, 4.69) is 52.8 Å². The zero-order valence-corrected chi connectivity index (χ0v) is 21.5. The highest BCUT2D eigenvalue weighted by Crippen LogP contribution is 2.34. The molecular formula is C25H27N5O4S2. The topological polar surface area (TPSA) is 102 Å². The zero-order chi connectivity index (χ0) is 24.7. The molecule has 0 aliphatic carbocycles. The molecule has 3 aromatic heterocycles. The Morgan fingerprint density at radius 2 is 1.97 bits per heavy atom. The van der Waals surface area contributed by atoms with Crippen molar-refractivity contribution in [3.05, 3.63) is 56.9 Å². The van der Waals surface area contributed by atoms with Crippen molar-refractivity contribution in [1.29, 1.82) is 0 Å². The molecule has 36 heavy (non-hydrogen) atoms. The number of methoxy groups -OCH3 is 1.